The second kappa shape index (κ2) is 5.71. The fraction of sp³-hybridized carbons (Fsp3) is 0.231. The molecule has 0 aliphatic heterocycles. The fourth-order valence-corrected chi connectivity index (χ4v) is 1.57. The van der Waals surface area contributed by atoms with Crippen molar-refractivity contribution in [3.63, 3.8) is 0 Å². The van der Waals surface area contributed by atoms with E-state index in [1.807, 2.05) is 41.2 Å². The minimum absolute atomic E-state index is 0.687. The summed E-state index contributed by atoms with van der Waals surface area (Å²) in [5, 5.41) is 16.1. The molecule has 0 bridgehead atoms. The molecule has 2 aromatic rings. The Bertz CT molecular complexity index is 479. The highest BCUT2D eigenvalue weighted by atomic mass is 15.3. The molecule has 0 atom stereocenters. The minimum atomic E-state index is 0.687. The lowest BCUT2D eigenvalue weighted by Gasteiger charge is -2.06. The smallest absolute Gasteiger partial charge is 0.0991 e. The van der Waals surface area contributed by atoms with Gasteiger partial charge in [-0.3, -0.25) is 4.68 Å². The van der Waals surface area contributed by atoms with Gasteiger partial charge in [-0.2, -0.15) is 10.4 Å². The number of benzene rings is 1. The van der Waals surface area contributed by atoms with Crippen LogP contribution in [0.4, 0.5) is 5.69 Å². The van der Waals surface area contributed by atoms with Gasteiger partial charge in [0.25, 0.3) is 0 Å². The standard InChI is InChI=1S/C13H14N4/c14-11-12-3-5-13(6-4-12)15-7-1-9-17-10-2-8-16-17/h2-6,8,10,15H,1,7,9H2. The second-order valence-corrected chi connectivity index (χ2v) is 3.74. The van der Waals surface area contributed by atoms with E-state index in [0.29, 0.717) is 5.56 Å². The Balaban J connectivity index is 1.73. The van der Waals surface area contributed by atoms with Crippen molar-refractivity contribution < 1.29 is 0 Å². The predicted molar refractivity (Wildman–Crippen MR) is 66.5 cm³/mol. The first-order valence-electron chi connectivity index (χ1n) is 5.60. The number of hydrogen-bond acceptors (Lipinski definition) is 3. The molecule has 17 heavy (non-hydrogen) atoms. The Kier molecular flexibility index (Phi) is 3.77. The molecule has 0 saturated heterocycles. The summed E-state index contributed by atoms with van der Waals surface area (Å²) in [6, 6.07) is 11.5. The Morgan fingerprint density at radius 1 is 1.29 bits per heavy atom. The molecule has 4 heteroatoms. The van der Waals surface area contributed by atoms with Crippen molar-refractivity contribution in [2.45, 2.75) is 13.0 Å². The van der Waals surface area contributed by atoms with Gasteiger partial charge in [-0.15, -0.1) is 0 Å². The molecule has 0 fully saturated rings. The topological polar surface area (TPSA) is 53.6 Å². The fourth-order valence-electron chi connectivity index (χ4n) is 1.57. The van der Waals surface area contributed by atoms with Crippen LogP contribution in [0.3, 0.4) is 0 Å². The van der Waals surface area contributed by atoms with Crippen LogP contribution in [0.5, 0.6) is 0 Å². The van der Waals surface area contributed by atoms with Crippen molar-refractivity contribution in [1.82, 2.24) is 9.78 Å². The zero-order valence-corrected chi connectivity index (χ0v) is 9.50. The molecule has 0 spiro atoms. The molecule has 2 rings (SSSR count). The Morgan fingerprint density at radius 2 is 2.12 bits per heavy atom. The highest BCUT2D eigenvalue weighted by molar-refractivity contribution is 5.46. The van der Waals surface area contributed by atoms with E-state index in [2.05, 4.69) is 16.5 Å². The first-order chi connectivity index (χ1) is 8.38. The third kappa shape index (κ3) is 3.35. The van der Waals surface area contributed by atoms with Gasteiger partial charge < -0.3 is 5.32 Å². The number of rotatable bonds is 5. The van der Waals surface area contributed by atoms with Crippen LogP contribution in [0.1, 0.15) is 12.0 Å². The van der Waals surface area contributed by atoms with E-state index in [0.717, 1.165) is 25.2 Å². The molecule has 1 heterocycles. The normalized spacial score (nSPS) is 9.82. The monoisotopic (exact) mass is 226 g/mol. The average molecular weight is 226 g/mol. The number of nitrogens with zero attached hydrogens (tertiary/aromatic N) is 3. The maximum atomic E-state index is 8.67. The quantitative estimate of drug-likeness (QED) is 0.795. The zero-order valence-electron chi connectivity index (χ0n) is 9.50. The summed E-state index contributed by atoms with van der Waals surface area (Å²) in [4.78, 5) is 0. The van der Waals surface area contributed by atoms with E-state index in [1.54, 1.807) is 6.20 Å². The van der Waals surface area contributed by atoms with Crippen molar-refractivity contribution in [3.05, 3.63) is 48.3 Å². The summed E-state index contributed by atoms with van der Waals surface area (Å²) < 4.78 is 1.92. The third-order valence-electron chi connectivity index (χ3n) is 2.47. The molecule has 1 aromatic heterocycles. The van der Waals surface area contributed by atoms with Crippen molar-refractivity contribution in [2.75, 3.05) is 11.9 Å². The Morgan fingerprint density at radius 3 is 2.76 bits per heavy atom. The largest absolute Gasteiger partial charge is 0.385 e. The number of aryl methyl sites for hydroxylation is 1. The van der Waals surface area contributed by atoms with Gasteiger partial charge in [-0.25, -0.2) is 0 Å². The maximum Gasteiger partial charge on any atom is 0.0991 e. The second-order valence-electron chi connectivity index (χ2n) is 3.74. The van der Waals surface area contributed by atoms with Crippen LogP contribution in [0.2, 0.25) is 0 Å². The number of hydrogen-bond donors (Lipinski definition) is 1. The van der Waals surface area contributed by atoms with Gasteiger partial charge in [-0.05, 0) is 36.8 Å². The van der Waals surface area contributed by atoms with E-state index in [9.17, 15) is 0 Å². The van der Waals surface area contributed by atoms with Gasteiger partial charge >= 0.3 is 0 Å². The SMILES string of the molecule is N#Cc1ccc(NCCCn2cccn2)cc1. The van der Waals surface area contributed by atoms with Crippen molar-refractivity contribution in [1.29, 1.82) is 5.26 Å². The van der Waals surface area contributed by atoms with Crippen LogP contribution in [0.15, 0.2) is 42.7 Å². The molecular weight excluding hydrogens is 212 g/mol. The summed E-state index contributed by atoms with van der Waals surface area (Å²) in [6.45, 7) is 1.81. The molecule has 0 aliphatic rings. The lowest BCUT2D eigenvalue weighted by Crippen LogP contribution is -2.06. The van der Waals surface area contributed by atoms with Gasteiger partial charge in [0.1, 0.15) is 0 Å². The maximum absolute atomic E-state index is 8.67. The molecule has 0 aliphatic carbocycles. The molecule has 1 N–H and O–H groups in total. The summed E-state index contributed by atoms with van der Waals surface area (Å²) in [5.41, 5.74) is 1.73. The summed E-state index contributed by atoms with van der Waals surface area (Å²) in [7, 11) is 0. The molecule has 0 saturated carbocycles. The van der Waals surface area contributed by atoms with Crippen LogP contribution in [0.25, 0.3) is 0 Å². The molecule has 1 aromatic carbocycles. The predicted octanol–water partition coefficient (Wildman–Crippen LogP) is 2.26. The third-order valence-corrected chi connectivity index (χ3v) is 2.47. The van der Waals surface area contributed by atoms with Crippen LogP contribution >= 0.6 is 0 Å². The van der Waals surface area contributed by atoms with E-state index < -0.39 is 0 Å². The first kappa shape index (κ1) is 11.2. The average Bonchev–Trinajstić information content (AvgIpc) is 2.88. The van der Waals surface area contributed by atoms with Crippen LogP contribution in [0, 0.1) is 11.3 Å². The zero-order chi connectivity index (χ0) is 11.9. The first-order valence-corrected chi connectivity index (χ1v) is 5.60. The molecular formula is C13H14N4. The van der Waals surface area contributed by atoms with E-state index in [1.165, 1.54) is 0 Å². The van der Waals surface area contributed by atoms with Crippen LogP contribution in [-0.2, 0) is 6.54 Å². The van der Waals surface area contributed by atoms with Crippen molar-refractivity contribution >= 4 is 5.69 Å². The lowest BCUT2D eigenvalue weighted by molar-refractivity contribution is 0.592. The van der Waals surface area contributed by atoms with Gasteiger partial charge in [0, 0.05) is 31.2 Å². The highest BCUT2D eigenvalue weighted by Crippen LogP contribution is 2.08. The molecule has 0 unspecified atom stereocenters. The number of nitrogens with one attached hydrogen (secondary N) is 1. The Hall–Kier alpha value is -2.28. The van der Waals surface area contributed by atoms with Crippen LogP contribution in [-0.4, -0.2) is 16.3 Å². The summed E-state index contributed by atoms with van der Waals surface area (Å²) in [6.07, 6.45) is 4.76. The van der Waals surface area contributed by atoms with E-state index in [4.69, 9.17) is 5.26 Å². The van der Waals surface area contributed by atoms with E-state index >= 15 is 0 Å². The Labute approximate surface area is 100 Å². The molecule has 86 valence electrons. The van der Waals surface area contributed by atoms with Gasteiger partial charge in [-0.1, -0.05) is 0 Å². The molecule has 4 nitrogen and oxygen atoms in total. The van der Waals surface area contributed by atoms with Gasteiger partial charge in [0.15, 0.2) is 0 Å². The van der Waals surface area contributed by atoms with Crippen LogP contribution < -0.4 is 5.32 Å². The van der Waals surface area contributed by atoms with Crippen molar-refractivity contribution in [3.8, 4) is 6.07 Å². The van der Waals surface area contributed by atoms with Crippen molar-refractivity contribution in [2.24, 2.45) is 0 Å². The number of nitriles is 1. The summed E-state index contributed by atoms with van der Waals surface area (Å²) in [5.74, 6) is 0. The van der Waals surface area contributed by atoms with E-state index in [-0.39, 0.29) is 0 Å². The molecule has 0 radical (unpaired) electrons. The lowest BCUT2D eigenvalue weighted by atomic mass is 10.2. The van der Waals surface area contributed by atoms with Gasteiger partial charge in [0.05, 0.1) is 11.6 Å². The number of aromatic nitrogens is 2. The number of anilines is 1. The highest BCUT2D eigenvalue weighted by Gasteiger charge is 1.94. The van der Waals surface area contributed by atoms with Gasteiger partial charge in [0.2, 0.25) is 0 Å². The minimum Gasteiger partial charge on any atom is -0.385 e. The molecule has 0 amide bonds. The summed E-state index contributed by atoms with van der Waals surface area (Å²) >= 11 is 0.